The van der Waals surface area contributed by atoms with Crippen LogP contribution in [0.4, 0.5) is 4.79 Å². The number of imidazole rings is 2. The van der Waals surface area contributed by atoms with Crippen molar-refractivity contribution in [3.63, 3.8) is 0 Å². The molecule has 0 aliphatic heterocycles. The molecule has 0 radical (unpaired) electrons. The lowest BCUT2D eigenvalue weighted by Crippen LogP contribution is -2.20. The van der Waals surface area contributed by atoms with E-state index in [0.717, 1.165) is 11.5 Å². The molecule has 0 aromatic carbocycles. The van der Waals surface area contributed by atoms with E-state index in [0.29, 0.717) is 5.92 Å². The Balaban J connectivity index is 2.46. The zero-order chi connectivity index (χ0) is 13.3. The van der Waals surface area contributed by atoms with Crippen LogP contribution in [0.5, 0.6) is 0 Å². The number of aromatic nitrogens is 4. The number of nitrogens with zero attached hydrogens (tertiary/aromatic N) is 4. The van der Waals surface area contributed by atoms with Gasteiger partial charge >= 0.3 is 6.03 Å². The van der Waals surface area contributed by atoms with Crippen molar-refractivity contribution >= 4 is 6.03 Å². The van der Waals surface area contributed by atoms with Gasteiger partial charge in [-0.3, -0.25) is 9.13 Å². The lowest BCUT2D eigenvalue weighted by atomic mass is 10.1. The first-order chi connectivity index (χ1) is 8.50. The first kappa shape index (κ1) is 12.5. The molecule has 2 aromatic rings. The van der Waals surface area contributed by atoms with Crippen LogP contribution in [-0.4, -0.2) is 25.1 Å². The van der Waals surface area contributed by atoms with Crippen LogP contribution >= 0.6 is 0 Å². The minimum atomic E-state index is -0.143. The molecule has 0 fully saturated rings. The number of rotatable bonds is 2. The normalized spacial score (nSPS) is 11.4. The van der Waals surface area contributed by atoms with Crippen molar-refractivity contribution in [1.29, 1.82) is 0 Å². The standard InChI is InChI=1S/C13H18N4O/c1-9(2)11-7-17(12(15-11)10(3)4)13(18)16-6-5-14-8-16/h5-10H,1-4H3. The summed E-state index contributed by atoms with van der Waals surface area (Å²) < 4.78 is 3.07. The third kappa shape index (κ3) is 2.20. The number of hydrogen-bond donors (Lipinski definition) is 0. The van der Waals surface area contributed by atoms with Crippen LogP contribution in [-0.2, 0) is 0 Å². The van der Waals surface area contributed by atoms with Gasteiger partial charge in [-0.2, -0.15) is 0 Å². The van der Waals surface area contributed by atoms with Gasteiger partial charge in [0, 0.05) is 24.5 Å². The minimum Gasteiger partial charge on any atom is -0.257 e. The van der Waals surface area contributed by atoms with Gasteiger partial charge < -0.3 is 0 Å². The summed E-state index contributed by atoms with van der Waals surface area (Å²) in [7, 11) is 0. The molecule has 0 aliphatic rings. The molecule has 0 saturated heterocycles. The highest BCUT2D eigenvalue weighted by Crippen LogP contribution is 2.19. The molecule has 0 N–H and O–H groups in total. The fraction of sp³-hybridized carbons (Fsp3) is 0.462. The Morgan fingerprint density at radius 2 is 1.94 bits per heavy atom. The maximum absolute atomic E-state index is 12.3. The average molecular weight is 246 g/mol. The molecular weight excluding hydrogens is 228 g/mol. The summed E-state index contributed by atoms with van der Waals surface area (Å²) in [6.45, 7) is 8.20. The van der Waals surface area contributed by atoms with Gasteiger partial charge in [0.2, 0.25) is 0 Å². The first-order valence-electron chi connectivity index (χ1n) is 6.12. The van der Waals surface area contributed by atoms with Crippen LogP contribution in [0, 0.1) is 0 Å². The molecule has 96 valence electrons. The van der Waals surface area contributed by atoms with E-state index >= 15 is 0 Å². The second-order valence-electron chi connectivity index (χ2n) is 4.96. The number of hydrogen-bond acceptors (Lipinski definition) is 3. The van der Waals surface area contributed by atoms with E-state index in [2.05, 4.69) is 23.8 Å². The van der Waals surface area contributed by atoms with E-state index in [1.807, 2.05) is 20.0 Å². The molecule has 5 heteroatoms. The smallest absolute Gasteiger partial charge is 0.257 e. The molecule has 0 bridgehead atoms. The van der Waals surface area contributed by atoms with E-state index in [1.165, 1.54) is 10.9 Å². The molecule has 5 nitrogen and oxygen atoms in total. The first-order valence-corrected chi connectivity index (χ1v) is 6.12. The summed E-state index contributed by atoms with van der Waals surface area (Å²) in [5.41, 5.74) is 0.937. The highest BCUT2D eigenvalue weighted by Gasteiger charge is 2.18. The lowest BCUT2D eigenvalue weighted by Gasteiger charge is -2.08. The molecule has 0 saturated carbocycles. The summed E-state index contributed by atoms with van der Waals surface area (Å²) in [4.78, 5) is 20.8. The molecular formula is C13H18N4O. The molecule has 2 rings (SSSR count). The number of carbonyl (C=O) groups excluding carboxylic acids is 1. The number of carbonyl (C=O) groups is 1. The average Bonchev–Trinajstić information content (AvgIpc) is 2.97. The molecule has 2 aromatic heterocycles. The Labute approximate surface area is 106 Å². The van der Waals surface area contributed by atoms with Gasteiger partial charge in [-0.15, -0.1) is 0 Å². The Morgan fingerprint density at radius 3 is 2.44 bits per heavy atom. The molecule has 0 amide bonds. The monoisotopic (exact) mass is 246 g/mol. The quantitative estimate of drug-likeness (QED) is 0.818. The van der Waals surface area contributed by atoms with Gasteiger partial charge in [0.1, 0.15) is 12.2 Å². The molecule has 0 atom stereocenters. The Morgan fingerprint density at radius 1 is 1.22 bits per heavy atom. The topological polar surface area (TPSA) is 52.7 Å². The zero-order valence-electron chi connectivity index (χ0n) is 11.2. The van der Waals surface area contributed by atoms with Crippen LogP contribution in [0.2, 0.25) is 0 Å². The van der Waals surface area contributed by atoms with Crippen LogP contribution in [0.25, 0.3) is 0 Å². The van der Waals surface area contributed by atoms with Crippen molar-refractivity contribution < 1.29 is 4.79 Å². The fourth-order valence-corrected chi connectivity index (χ4v) is 1.75. The van der Waals surface area contributed by atoms with Crippen molar-refractivity contribution in [2.75, 3.05) is 0 Å². The van der Waals surface area contributed by atoms with Crippen LogP contribution < -0.4 is 0 Å². The Bertz CT molecular complexity index is 537. The predicted molar refractivity (Wildman–Crippen MR) is 68.8 cm³/mol. The zero-order valence-corrected chi connectivity index (χ0v) is 11.2. The Hall–Kier alpha value is -1.91. The van der Waals surface area contributed by atoms with Crippen LogP contribution in [0.15, 0.2) is 24.9 Å². The highest BCUT2D eigenvalue weighted by molar-refractivity contribution is 5.79. The van der Waals surface area contributed by atoms with Gasteiger partial charge in [0.15, 0.2) is 0 Å². The lowest BCUT2D eigenvalue weighted by molar-refractivity contribution is 0.243. The van der Waals surface area contributed by atoms with Gasteiger partial charge in [-0.05, 0) is 5.92 Å². The molecule has 0 spiro atoms. The van der Waals surface area contributed by atoms with Crippen molar-refractivity contribution in [2.45, 2.75) is 39.5 Å². The van der Waals surface area contributed by atoms with E-state index < -0.39 is 0 Å². The maximum atomic E-state index is 12.3. The summed E-state index contributed by atoms with van der Waals surface area (Å²) in [5.74, 6) is 1.29. The predicted octanol–water partition coefficient (Wildman–Crippen LogP) is 2.84. The van der Waals surface area contributed by atoms with Gasteiger partial charge in [0.25, 0.3) is 0 Å². The van der Waals surface area contributed by atoms with E-state index in [-0.39, 0.29) is 11.9 Å². The third-order valence-corrected chi connectivity index (χ3v) is 2.79. The van der Waals surface area contributed by atoms with E-state index in [1.54, 1.807) is 17.0 Å². The molecule has 0 unspecified atom stereocenters. The van der Waals surface area contributed by atoms with Crippen molar-refractivity contribution in [3.05, 3.63) is 36.4 Å². The molecule has 0 aliphatic carbocycles. The third-order valence-electron chi connectivity index (χ3n) is 2.79. The van der Waals surface area contributed by atoms with Crippen molar-refractivity contribution in [2.24, 2.45) is 0 Å². The summed E-state index contributed by atoms with van der Waals surface area (Å²) in [5, 5.41) is 0. The van der Waals surface area contributed by atoms with E-state index in [4.69, 9.17) is 0 Å². The molecule has 2 heterocycles. The van der Waals surface area contributed by atoms with Crippen molar-refractivity contribution in [3.8, 4) is 0 Å². The second kappa shape index (κ2) is 4.76. The summed E-state index contributed by atoms with van der Waals surface area (Å²) in [6, 6.07) is -0.143. The fourth-order valence-electron chi connectivity index (χ4n) is 1.75. The van der Waals surface area contributed by atoms with Gasteiger partial charge in [-0.25, -0.2) is 14.8 Å². The van der Waals surface area contributed by atoms with Crippen molar-refractivity contribution in [1.82, 2.24) is 19.1 Å². The largest absolute Gasteiger partial charge is 0.339 e. The molecule has 18 heavy (non-hydrogen) atoms. The minimum absolute atomic E-state index is 0.143. The Kier molecular flexibility index (Phi) is 3.32. The highest BCUT2D eigenvalue weighted by atomic mass is 16.2. The van der Waals surface area contributed by atoms with E-state index in [9.17, 15) is 4.79 Å². The van der Waals surface area contributed by atoms with Crippen LogP contribution in [0.3, 0.4) is 0 Å². The summed E-state index contributed by atoms with van der Waals surface area (Å²) in [6.07, 6.45) is 6.55. The summed E-state index contributed by atoms with van der Waals surface area (Å²) >= 11 is 0. The second-order valence-corrected chi connectivity index (χ2v) is 4.96. The van der Waals surface area contributed by atoms with Gasteiger partial charge in [0.05, 0.1) is 5.69 Å². The SMILES string of the molecule is CC(C)c1cn(C(=O)n2ccnc2)c(C(C)C)n1. The maximum Gasteiger partial charge on any atom is 0.339 e. The van der Waals surface area contributed by atoms with Gasteiger partial charge in [-0.1, -0.05) is 27.7 Å². The van der Waals surface area contributed by atoms with Crippen LogP contribution in [0.1, 0.15) is 51.0 Å².